The first-order valence-corrected chi connectivity index (χ1v) is 9.14. The van der Waals surface area contributed by atoms with Crippen molar-refractivity contribution in [1.29, 1.82) is 5.26 Å². The van der Waals surface area contributed by atoms with Gasteiger partial charge in [0.1, 0.15) is 11.9 Å². The molecule has 138 valence electrons. The SMILES string of the molecule is CCC(CC)[C@@H](CNc1c(C#N)c(=O)n(C)c(=O)n1C)N1CCCC1. The molecular formula is C18H29N5O2. The Labute approximate surface area is 148 Å². The van der Waals surface area contributed by atoms with Gasteiger partial charge in [-0.15, -0.1) is 0 Å². The summed E-state index contributed by atoms with van der Waals surface area (Å²) in [5, 5.41) is 12.6. The first kappa shape index (κ1) is 19.3. The van der Waals surface area contributed by atoms with Gasteiger partial charge in [0, 0.05) is 26.7 Å². The number of hydrogen-bond acceptors (Lipinski definition) is 5. The average molecular weight is 347 g/mol. The summed E-state index contributed by atoms with van der Waals surface area (Å²) in [7, 11) is 2.99. The topological polar surface area (TPSA) is 83.1 Å². The highest BCUT2D eigenvalue weighted by Gasteiger charge is 2.28. The van der Waals surface area contributed by atoms with Gasteiger partial charge in [0.15, 0.2) is 5.56 Å². The van der Waals surface area contributed by atoms with E-state index in [1.807, 2.05) is 6.07 Å². The third-order valence-corrected chi connectivity index (χ3v) is 5.46. The van der Waals surface area contributed by atoms with Gasteiger partial charge in [0.25, 0.3) is 5.56 Å². The normalized spacial score (nSPS) is 16.2. The van der Waals surface area contributed by atoms with E-state index in [0.29, 0.717) is 24.3 Å². The van der Waals surface area contributed by atoms with Crippen LogP contribution in [-0.4, -0.2) is 39.7 Å². The molecule has 0 unspecified atom stereocenters. The fourth-order valence-electron chi connectivity index (χ4n) is 3.85. The minimum Gasteiger partial charge on any atom is -0.369 e. The molecule has 0 amide bonds. The van der Waals surface area contributed by atoms with Crippen molar-refractivity contribution in [2.24, 2.45) is 20.0 Å². The third kappa shape index (κ3) is 3.79. The van der Waals surface area contributed by atoms with E-state index in [1.54, 1.807) is 7.05 Å². The predicted molar refractivity (Wildman–Crippen MR) is 98.8 cm³/mol. The van der Waals surface area contributed by atoms with Gasteiger partial charge in [-0.3, -0.25) is 18.8 Å². The van der Waals surface area contributed by atoms with Crippen LogP contribution in [0.3, 0.4) is 0 Å². The summed E-state index contributed by atoms with van der Waals surface area (Å²) in [5.74, 6) is 0.866. The molecule has 1 aromatic rings. The van der Waals surface area contributed by atoms with E-state index in [4.69, 9.17) is 0 Å². The first-order chi connectivity index (χ1) is 12.0. The van der Waals surface area contributed by atoms with E-state index in [-0.39, 0.29) is 5.56 Å². The van der Waals surface area contributed by atoms with E-state index in [2.05, 4.69) is 24.1 Å². The van der Waals surface area contributed by atoms with Crippen molar-refractivity contribution in [3.63, 3.8) is 0 Å². The smallest absolute Gasteiger partial charge is 0.332 e. The van der Waals surface area contributed by atoms with Crippen LogP contribution < -0.4 is 16.6 Å². The maximum atomic E-state index is 12.2. The number of nitriles is 1. The minimum absolute atomic E-state index is 0.00526. The second-order valence-corrected chi connectivity index (χ2v) is 6.81. The zero-order valence-corrected chi connectivity index (χ0v) is 15.7. The van der Waals surface area contributed by atoms with Crippen molar-refractivity contribution in [2.75, 3.05) is 25.0 Å². The number of nitrogens with zero attached hydrogens (tertiary/aromatic N) is 4. The summed E-state index contributed by atoms with van der Waals surface area (Å²) in [5.41, 5.74) is -0.977. The predicted octanol–water partition coefficient (Wildman–Crippen LogP) is 1.27. The molecule has 25 heavy (non-hydrogen) atoms. The maximum Gasteiger partial charge on any atom is 0.332 e. The van der Waals surface area contributed by atoms with Gasteiger partial charge >= 0.3 is 5.69 Å². The number of nitrogens with one attached hydrogen (secondary N) is 1. The molecular weight excluding hydrogens is 318 g/mol. The van der Waals surface area contributed by atoms with Crippen LogP contribution in [-0.2, 0) is 14.1 Å². The molecule has 0 aliphatic carbocycles. The zero-order valence-electron chi connectivity index (χ0n) is 15.7. The molecule has 1 aliphatic heterocycles. The molecule has 7 heteroatoms. The van der Waals surface area contributed by atoms with Crippen LogP contribution in [0.15, 0.2) is 9.59 Å². The lowest BCUT2D eigenvalue weighted by Gasteiger charge is -2.34. The van der Waals surface area contributed by atoms with Crippen LogP contribution >= 0.6 is 0 Å². The average Bonchev–Trinajstić information content (AvgIpc) is 3.15. The molecule has 1 aliphatic rings. The molecule has 0 spiro atoms. The van der Waals surface area contributed by atoms with Crippen molar-refractivity contribution in [3.8, 4) is 6.07 Å². The first-order valence-electron chi connectivity index (χ1n) is 9.14. The van der Waals surface area contributed by atoms with Gasteiger partial charge in [-0.1, -0.05) is 26.7 Å². The van der Waals surface area contributed by atoms with Crippen molar-refractivity contribution in [3.05, 3.63) is 26.4 Å². The van der Waals surface area contributed by atoms with Gasteiger partial charge in [-0.25, -0.2) is 4.79 Å². The second kappa shape index (κ2) is 8.34. The molecule has 0 radical (unpaired) electrons. The minimum atomic E-state index is -0.548. The number of hydrogen-bond donors (Lipinski definition) is 1. The van der Waals surface area contributed by atoms with Crippen LogP contribution in [0.4, 0.5) is 5.82 Å². The molecule has 2 rings (SSSR count). The lowest BCUT2D eigenvalue weighted by Crippen LogP contribution is -2.45. The lowest BCUT2D eigenvalue weighted by atomic mass is 9.93. The van der Waals surface area contributed by atoms with Gasteiger partial charge in [0.2, 0.25) is 0 Å². The molecule has 1 aromatic heterocycles. The Kier molecular flexibility index (Phi) is 6.43. The van der Waals surface area contributed by atoms with E-state index < -0.39 is 11.2 Å². The van der Waals surface area contributed by atoms with Crippen molar-refractivity contribution in [2.45, 2.75) is 45.6 Å². The zero-order chi connectivity index (χ0) is 18.6. The summed E-state index contributed by atoms with van der Waals surface area (Å²) in [6.45, 7) is 7.20. The van der Waals surface area contributed by atoms with Gasteiger partial charge in [-0.2, -0.15) is 5.26 Å². The van der Waals surface area contributed by atoms with Crippen LogP contribution in [0.25, 0.3) is 0 Å². The fourth-order valence-corrected chi connectivity index (χ4v) is 3.85. The Morgan fingerprint density at radius 1 is 1.12 bits per heavy atom. The molecule has 1 N–H and O–H groups in total. The Morgan fingerprint density at radius 2 is 1.72 bits per heavy atom. The summed E-state index contributed by atoms with van der Waals surface area (Å²) in [6.07, 6.45) is 4.59. The Balaban J connectivity index is 2.33. The molecule has 0 aromatic carbocycles. The molecule has 2 heterocycles. The Hall–Kier alpha value is -2.07. The van der Waals surface area contributed by atoms with Crippen LogP contribution in [0.2, 0.25) is 0 Å². The highest BCUT2D eigenvalue weighted by molar-refractivity contribution is 5.51. The highest BCUT2D eigenvalue weighted by Crippen LogP contribution is 2.23. The van der Waals surface area contributed by atoms with Crippen molar-refractivity contribution >= 4 is 5.82 Å². The van der Waals surface area contributed by atoms with Crippen LogP contribution in [0.5, 0.6) is 0 Å². The summed E-state index contributed by atoms with van der Waals surface area (Å²) in [6, 6.07) is 2.29. The molecule has 0 bridgehead atoms. The largest absolute Gasteiger partial charge is 0.369 e. The fraction of sp³-hybridized carbons (Fsp3) is 0.722. The standard InChI is InChI=1S/C18H29N5O2/c1-5-13(6-2)15(23-9-7-8-10-23)12-20-16-14(11-19)17(24)22(4)18(25)21(16)3/h13,15,20H,5-10,12H2,1-4H3/t15-/m1/s1. The van der Waals surface area contributed by atoms with Gasteiger partial charge in [-0.05, 0) is 31.8 Å². The molecule has 1 saturated heterocycles. The van der Waals surface area contributed by atoms with Crippen molar-refractivity contribution in [1.82, 2.24) is 14.0 Å². The number of likely N-dealkylation sites (tertiary alicyclic amines) is 1. The van der Waals surface area contributed by atoms with E-state index in [0.717, 1.165) is 30.5 Å². The van der Waals surface area contributed by atoms with E-state index in [9.17, 15) is 14.9 Å². The van der Waals surface area contributed by atoms with Gasteiger partial charge < -0.3 is 5.32 Å². The van der Waals surface area contributed by atoms with Crippen molar-refractivity contribution < 1.29 is 0 Å². The lowest BCUT2D eigenvalue weighted by molar-refractivity contribution is 0.175. The Morgan fingerprint density at radius 3 is 2.24 bits per heavy atom. The Bertz CT molecular complexity index is 746. The number of anilines is 1. The third-order valence-electron chi connectivity index (χ3n) is 5.46. The molecule has 1 fully saturated rings. The molecule has 7 nitrogen and oxygen atoms in total. The van der Waals surface area contributed by atoms with E-state index >= 15 is 0 Å². The number of rotatable bonds is 7. The van der Waals surface area contributed by atoms with Crippen LogP contribution in [0.1, 0.15) is 45.1 Å². The van der Waals surface area contributed by atoms with Crippen LogP contribution in [0, 0.1) is 17.2 Å². The monoisotopic (exact) mass is 347 g/mol. The number of aromatic nitrogens is 2. The molecule has 0 saturated carbocycles. The molecule has 1 atom stereocenters. The maximum absolute atomic E-state index is 12.2. The van der Waals surface area contributed by atoms with Gasteiger partial charge in [0.05, 0.1) is 0 Å². The summed E-state index contributed by atoms with van der Waals surface area (Å²) >= 11 is 0. The quantitative estimate of drug-likeness (QED) is 0.803. The second-order valence-electron chi connectivity index (χ2n) is 6.81. The van der Waals surface area contributed by atoms with E-state index in [1.165, 1.54) is 24.5 Å². The summed E-state index contributed by atoms with van der Waals surface area (Å²) < 4.78 is 2.33. The highest BCUT2D eigenvalue weighted by atomic mass is 16.2. The summed E-state index contributed by atoms with van der Waals surface area (Å²) in [4.78, 5) is 26.9.